The highest BCUT2D eigenvalue weighted by molar-refractivity contribution is 7.81. The SMILES string of the molecule is CC1(C)O[C@H]2O[C@H]([C@H]3COC(C)(C)O3)[C@H](S)[C@H]2O1. The molecule has 0 aromatic rings. The summed E-state index contributed by atoms with van der Waals surface area (Å²) >= 11 is 4.61. The van der Waals surface area contributed by atoms with Crippen molar-refractivity contribution in [2.45, 2.75) is 69.1 Å². The van der Waals surface area contributed by atoms with Crippen molar-refractivity contribution in [3.8, 4) is 0 Å². The average Bonchev–Trinajstić information content (AvgIpc) is 2.81. The average molecular weight is 276 g/mol. The van der Waals surface area contributed by atoms with Crippen molar-refractivity contribution < 1.29 is 23.7 Å². The molecular weight excluding hydrogens is 256 g/mol. The lowest BCUT2D eigenvalue weighted by Gasteiger charge is -2.26. The molecule has 0 N–H and O–H groups in total. The van der Waals surface area contributed by atoms with E-state index < -0.39 is 11.6 Å². The zero-order valence-corrected chi connectivity index (χ0v) is 12.0. The quantitative estimate of drug-likeness (QED) is 0.732. The summed E-state index contributed by atoms with van der Waals surface area (Å²) in [4.78, 5) is 0. The van der Waals surface area contributed by atoms with E-state index in [1.54, 1.807) is 0 Å². The van der Waals surface area contributed by atoms with E-state index in [9.17, 15) is 0 Å². The van der Waals surface area contributed by atoms with Crippen LogP contribution < -0.4 is 0 Å². The minimum atomic E-state index is -0.604. The van der Waals surface area contributed by atoms with E-state index in [1.807, 2.05) is 27.7 Å². The van der Waals surface area contributed by atoms with Gasteiger partial charge in [-0.1, -0.05) is 0 Å². The van der Waals surface area contributed by atoms with Crippen LogP contribution in [0.3, 0.4) is 0 Å². The van der Waals surface area contributed by atoms with Crippen molar-refractivity contribution in [3.63, 3.8) is 0 Å². The molecule has 0 aromatic heterocycles. The molecule has 0 aliphatic carbocycles. The maximum absolute atomic E-state index is 5.88. The molecule has 0 aromatic carbocycles. The Balaban J connectivity index is 1.68. The van der Waals surface area contributed by atoms with Gasteiger partial charge in [0.05, 0.1) is 11.9 Å². The molecule has 18 heavy (non-hydrogen) atoms. The van der Waals surface area contributed by atoms with Gasteiger partial charge < -0.3 is 23.7 Å². The molecule has 5 nitrogen and oxygen atoms in total. The minimum absolute atomic E-state index is 0.0701. The van der Waals surface area contributed by atoms with Gasteiger partial charge in [-0.15, -0.1) is 0 Å². The van der Waals surface area contributed by atoms with Crippen LogP contribution in [0.15, 0.2) is 0 Å². The number of hydrogen-bond acceptors (Lipinski definition) is 6. The lowest BCUT2D eigenvalue weighted by Crippen LogP contribution is -2.39. The van der Waals surface area contributed by atoms with Crippen LogP contribution in [0.1, 0.15) is 27.7 Å². The topological polar surface area (TPSA) is 46.2 Å². The van der Waals surface area contributed by atoms with Crippen LogP contribution in [0.4, 0.5) is 0 Å². The fourth-order valence-corrected chi connectivity index (χ4v) is 3.16. The lowest BCUT2D eigenvalue weighted by molar-refractivity contribution is -0.219. The van der Waals surface area contributed by atoms with E-state index >= 15 is 0 Å². The zero-order chi connectivity index (χ0) is 13.1. The van der Waals surface area contributed by atoms with Gasteiger partial charge in [0.15, 0.2) is 17.9 Å². The molecule has 3 heterocycles. The summed E-state index contributed by atoms with van der Waals surface area (Å²) in [5, 5.41) is -0.0701. The Bertz CT molecular complexity index is 345. The van der Waals surface area contributed by atoms with E-state index in [-0.39, 0.29) is 29.9 Å². The van der Waals surface area contributed by atoms with Gasteiger partial charge in [-0.2, -0.15) is 12.6 Å². The molecule has 0 unspecified atom stereocenters. The highest BCUT2D eigenvalue weighted by Crippen LogP contribution is 2.42. The van der Waals surface area contributed by atoms with Crippen molar-refractivity contribution in [1.82, 2.24) is 0 Å². The summed E-state index contributed by atoms with van der Waals surface area (Å²) in [6.07, 6.45) is -0.801. The fraction of sp³-hybridized carbons (Fsp3) is 1.00. The first-order chi connectivity index (χ1) is 8.27. The summed E-state index contributed by atoms with van der Waals surface area (Å²) in [7, 11) is 0. The maximum atomic E-state index is 5.88. The molecule has 3 aliphatic heterocycles. The maximum Gasteiger partial charge on any atom is 0.188 e. The van der Waals surface area contributed by atoms with E-state index in [0.717, 1.165) is 0 Å². The van der Waals surface area contributed by atoms with Crippen LogP contribution in [0.5, 0.6) is 0 Å². The third kappa shape index (κ3) is 2.19. The Morgan fingerprint density at radius 3 is 2.22 bits per heavy atom. The fourth-order valence-electron chi connectivity index (χ4n) is 2.70. The molecule has 0 bridgehead atoms. The molecule has 5 atom stereocenters. The zero-order valence-electron chi connectivity index (χ0n) is 11.1. The summed E-state index contributed by atoms with van der Waals surface area (Å²) in [6, 6.07) is 0. The number of thiol groups is 1. The van der Waals surface area contributed by atoms with Gasteiger partial charge in [-0.25, -0.2) is 0 Å². The second kappa shape index (κ2) is 4.07. The van der Waals surface area contributed by atoms with Crippen molar-refractivity contribution in [2.75, 3.05) is 6.61 Å². The van der Waals surface area contributed by atoms with Crippen LogP contribution >= 0.6 is 12.6 Å². The third-order valence-electron chi connectivity index (χ3n) is 3.45. The number of rotatable bonds is 1. The number of ether oxygens (including phenoxy) is 5. The van der Waals surface area contributed by atoms with E-state index in [1.165, 1.54) is 0 Å². The van der Waals surface area contributed by atoms with Crippen molar-refractivity contribution in [2.24, 2.45) is 0 Å². The van der Waals surface area contributed by atoms with Gasteiger partial charge in [-0.3, -0.25) is 0 Å². The largest absolute Gasteiger partial charge is 0.348 e. The van der Waals surface area contributed by atoms with Gasteiger partial charge in [0.1, 0.15) is 18.3 Å². The molecule has 104 valence electrons. The second-order valence-electron chi connectivity index (χ2n) is 5.93. The molecule has 0 saturated carbocycles. The van der Waals surface area contributed by atoms with Gasteiger partial charge in [0.2, 0.25) is 0 Å². The van der Waals surface area contributed by atoms with Gasteiger partial charge >= 0.3 is 0 Å². The minimum Gasteiger partial charge on any atom is -0.348 e. The Labute approximate surface area is 112 Å². The van der Waals surface area contributed by atoms with Gasteiger partial charge in [0, 0.05) is 0 Å². The molecule has 3 saturated heterocycles. The highest BCUT2D eigenvalue weighted by atomic mass is 32.1. The molecule has 0 amide bonds. The standard InChI is InChI=1S/C12H20O5S/c1-11(2)13-5-6(15-11)7-9(18)8-10(14-7)17-12(3,4)16-8/h6-10,18H,5H2,1-4H3/t6-,7-,8-,9+,10-/m1/s1. The van der Waals surface area contributed by atoms with Crippen LogP contribution in [0.2, 0.25) is 0 Å². The summed E-state index contributed by atoms with van der Waals surface area (Å²) in [5.74, 6) is -1.16. The first-order valence-corrected chi connectivity index (χ1v) is 6.80. The van der Waals surface area contributed by atoms with Crippen molar-refractivity contribution in [3.05, 3.63) is 0 Å². The predicted octanol–water partition coefficient (Wildman–Crippen LogP) is 1.31. The van der Waals surface area contributed by atoms with E-state index in [4.69, 9.17) is 23.7 Å². The normalized spacial score (nSPS) is 49.5. The molecule has 3 rings (SSSR count). The molecule has 3 aliphatic rings. The van der Waals surface area contributed by atoms with Crippen molar-refractivity contribution >= 4 is 12.6 Å². The second-order valence-corrected chi connectivity index (χ2v) is 6.52. The third-order valence-corrected chi connectivity index (χ3v) is 4.04. The van der Waals surface area contributed by atoms with Crippen LogP contribution in [-0.4, -0.2) is 48.0 Å². The van der Waals surface area contributed by atoms with Crippen LogP contribution in [0, 0.1) is 0 Å². The van der Waals surface area contributed by atoms with Gasteiger partial charge in [-0.05, 0) is 27.7 Å². The Morgan fingerprint density at radius 2 is 1.67 bits per heavy atom. The summed E-state index contributed by atoms with van der Waals surface area (Å²) in [6.45, 7) is 8.06. The monoisotopic (exact) mass is 276 g/mol. The van der Waals surface area contributed by atoms with Crippen LogP contribution in [0.25, 0.3) is 0 Å². The van der Waals surface area contributed by atoms with Crippen molar-refractivity contribution in [1.29, 1.82) is 0 Å². The molecule has 6 heteroatoms. The van der Waals surface area contributed by atoms with E-state index in [2.05, 4.69) is 12.6 Å². The number of hydrogen-bond donors (Lipinski definition) is 1. The molecule has 0 spiro atoms. The Hall–Kier alpha value is 0.150. The summed E-state index contributed by atoms with van der Waals surface area (Å²) in [5.41, 5.74) is 0. The first-order valence-electron chi connectivity index (χ1n) is 6.28. The van der Waals surface area contributed by atoms with E-state index in [0.29, 0.717) is 6.61 Å². The molecule has 0 radical (unpaired) electrons. The van der Waals surface area contributed by atoms with Gasteiger partial charge in [0.25, 0.3) is 0 Å². The Morgan fingerprint density at radius 1 is 0.944 bits per heavy atom. The first kappa shape index (κ1) is 13.1. The van der Waals surface area contributed by atoms with Crippen LogP contribution in [-0.2, 0) is 23.7 Å². The number of fused-ring (bicyclic) bond motifs is 1. The molecule has 3 fully saturated rings. The summed E-state index contributed by atoms with van der Waals surface area (Å²) < 4.78 is 28.8. The predicted molar refractivity (Wildman–Crippen MR) is 66.4 cm³/mol. The lowest BCUT2D eigenvalue weighted by atomic mass is 10.1. The smallest absolute Gasteiger partial charge is 0.188 e. The highest BCUT2D eigenvalue weighted by Gasteiger charge is 2.57. The Kier molecular flexibility index (Phi) is 2.97. The molecular formula is C12H20O5S.